The SMILES string of the molecule is CC/C=C\C/C=C\C/C=C\C/C=C\C/C=C\C/C=C\C/C=C\CCCCCCCCCCCCCCCCCCCC(=O)NC(COP(=O)(O)OCC[N+](C)(C)C)C(O)CCCCCCCCCCCCCCCCCCCCCCCCC. The maximum absolute atomic E-state index is 13.1. The van der Waals surface area contributed by atoms with Crippen molar-refractivity contribution < 1.29 is 32.9 Å². The summed E-state index contributed by atoms with van der Waals surface area (Å²) in [7, 11) is 1.62. The fourth-order valence-electron chi connectivity index (χ4n) is 10.6. The lowest BCUT2D eigenvalue weighted by Crippen LogP contribution is -2.46. The number of carbonyl (C=O) groups excluding carboxylic acids is 1. The van der Waals surface area contributed by atoms with Crippen LogP contribution in [0.5, 0.6) is 0 Å². The van der Waals surface area contributed by atoms with Crippen molar-refractivity contribution in [3.8, 4) is 0 Å². The monoisotopic (exact) mass is 1200 g/mol. The molecule has 0 spiro atoms. The predicted octanol–water partition coefficient (Wildman–Crippen LogP) is 23.1. The Bertz CT molecular complexity index is 1650. The molecule has 0 saturated carbocycles. The van der Waals surface area contributed by atoms with Crippen LogP contribution >= 0.6 is 7.82 Å². The van der Waals surface area contributed by atoms with Gasteiger partial charge in [0.15, 0.2) is 0 Å². The summed E-state index contributed by atoms with van der Waals surface area (Å²) < 4.78 is 23.9. The van der Waals surface area contributed by atoms with Crippen LogP contribution in [0.3, 0.4) is 0 Å². The van der Waals surface area contributed by atoms with E-state index >= 15 is 0 Å². The fraction of sp³-hybridized carbons (Fsp3) is 0.800. The number of phosphoric acid groups is 1. The van der Waals surface area contributed by atoms with Gasteiger partial charge in [-0.15, -0.1) is 0 Å². The first-order valence-corrected chi connectivity index (χ1v) is 37.4. The molecule has 0 bridgehead atoms. The number of hydrogen-bond donors (Lipinski definition) is 3. The molecule has 1 amide bonds. The van der Waals surface area contributed by atoms with Gasteiger partial charge in [0.2, 0.25) is 5.91 Å². The summed E-state index contributed by atoms with van der Waals surface area (Å²) >= 11 is 0. The smallest absolute Gasteiger partial charge is 0.391 e. The summed E-state index contributed by atoms with van der Waals surface area (Å²) in [6, 6.07) is -0.764. The largest absolute Gasteiger partial charge is 0.472 e. The highest BCUT2D eigenvalue weighted by Gasteiger charge is 2.28. The number of allylic oxidation sites excluding steroid dienone is 14. The maximum atomic E-state index is 13.1. The quantitative estimate of drug-likeness (QED) is 0.0243. The minimum Gasteiger partial charge on any atom is -0.391 e. The van der Waals surface area contributed by atoms with Gasteiger partial charge < -0.3 is 19.8 Å². The Morgan fingerprint density at radius 1 is 0.417 bits per heavy atom. The molecule has 0 aromatic rings. The Balaban J connectivity index is 3.99. The van der Waals surface area contributed by atoms with Gasteiger partial charge in [-0.2, -0.15) is 0 Å². The van der Waals surface area contributed by atoms with Crippen molar-refractivity contribution in [1.29, 1.82) is 0 Å². The van der Waals surface area contributed by atoms with Crippen molar-refractivity contribution in [2.75, 3.05) is 40.9 Å². The van der Waals surface area contributed by atoms with E-state index in [4.69, 9.17) is 9.05 Å². The fourth-order valence-corrected chi connectivity index (χ4v) is 11.4. The molecule has 490 valence electrons. The molecule has 0 fully saturated rings. The van der Waals surface area contributed by atoms with Gasteiger partial charge in [0.1, 0.15) is 13.2 Å². The zero-order valence-corrected chi connectivity index (χ0v) is 57.0. The van der Waals surface area contributed by atoms with Crippen LogP contribution in [0.1, 0.15) is 335 Å². The molecule has 0 heterocycles. The van der Waals surface area contributed by atoms with Crippen molar-refractivity contribution in [3.63, 3.8) is 0 Å². The molecular formula is C75H140N2O6P+. The Kier molecular flexibility index (Phi) is 63.3. The van der Waals surface area contributed by atoms with Crippen LogP contribution in [0.15, 0.2) is 85.1 Å². The van der Waals surface area contributed by atoms with E-state index < -0.39 is 20.0 Å². The second kappa shape index (κ2) is 65.1. The molecule has 8 nitrogen and oxygen atoms in total. The Morgan fingerprint density at radius 2 is 0.714 bits per heavy atom. The van der Waals surface area contributed by atoms with Crippen molar-refractivity contribution in [3.05, 3.63) is 85.1 Å². The molecule has 3 N–H and O–H groups in total. The predicted molar refractivity (Wildman–Crippen MR) is 369 cm³/mol. The first-order valence-electron chi connectivity index (χ1n) is 36.0. The molecule has 0 saturated heterocycles. The summed E-state index contributed by atoms with van der Waals surface area (Å²) in [5.41, 5.74) is 0. The standard InChI is InChI=1S/C75H139N2O6P/c1-6-8-10-12-14-16-18-20-22-24-26-28-30-31-32-33-34-35-36-37-38-39-40-41-42-43-44-45-47-49-51-53-55-57-59-61-63-65-67-69-75(79)76-73(72-83-84(80,81)82-71-70-77(3,4)5)74(78)68-66-64-62-60-58-56-54-52-50-48-46-29-27-25-23-21-19-17-15-13-11-9-7-2/h8,10,14,16,20,22,26,28,31-32,34-35,37-38,73-74,78H,6-7,9,11-13,15,17-19,21,23-25,27,29-30,33,36,39-72H2,1-5H3,(H-,76,79,80,81)/p+1/b10-8-,16-14-,22-20-,28-26-,32-31-,35-34-,38-37-. The second-order valence-corrected chi connectivity index (χ2v) is 27.0. The van der Waals surface area contributed by atoms with Gasteiger partial charge in [0.25, 0.3) is 0 Å². The van der Waals surface area contributed by atoms with Crippen LogP contribution in [0.25, 0.3) is 0 Å². The van der Waals surface area contributed by atoms with Crippen LogP contribution in [0.2, 0.25) is 0 Å². The van der Waals surface area contributed by atoms with Crippen molar-refractivity contribution in [2.24, 2.45) is 0 Å². The normalized spacial score (nSPS) is 14.1. The molecule has 0 aliphatic heterocycles. The molecule has 0 aromatic carbocycles. The van der Waals surface area contributed by atoms with Crippen LogP contribution in [0.4, 0.5) is 0 Å². The summed E-state index contributed by atoms with van der Waals surface area (Å²) in [6.07, 6.45) is 92.6. The summed E-state index contributed by atoms with van der Waals surface area (Å²) in [5.74, 6) is -0.141. The van der Waals surface area contributed by atoms with E-state index in [1.165, 1.54) is 225 Å². The number of aliphatic hydroxyl groups is 1. The van der Waals surface area contributed by atoms with Crippen molar-refractivity contribution in [1.82, 2.24) is 5.32 Å². The van der Waals surface area contributed by atoms with E-state index in [1.807, 2.05) is 21.1 Å². The number of hydrogen-bond acceptors (Lipinski definition) is 5. The number of quaternary nitrogens is 1. The van der Waals surface area contributed by atoms with Crippen LogP contribution < -0.4 is 5.32 Å². The lowest BCUT2D eigenvalue weighted by Gasteiger charge is -2.26. The highest BCUT2D eigenvalue weighted by molar-refractivity contribution is 7.47. The minimum atomic E-state index is -4.33. The zero-order chi connectivity index (χ0) is 61.2. The van der Waals surface area contributed by atoms with E-state index in [0.717, 1.165) is 83.5 Å². The number of phosphoric ester groups is 1. The van der Waals surface area contributed by atoms with Gasteiger partial charge in [0.05, 0.1) is 39.9 Å². The third kappa shape index (κ3) is 67.2. The van der Waals surface area contributed by atoms with E-state index in [9.17, 15) is 19.4 Å². The zero-order valence-electron chi connectivity index (χ0n) is 56.1. The molecule has 3 unspecified atom stereocenters. The minimum absolute atomic E-state index is 0.0741. The van der Waals surface area contributed by atoms with Gasteiger partial charge in [-0.1, -0.05) is 343 Å². The Morgan fingerprint density at radius 3 is 1.05 bits per heavy atom. The van der Waals surface area contributed by atoms with Gasteiger partial charge >= 0.3 is 7.82 Å². The maximum Gasteiger partial charge on any atom is 0.472 e. The summed E-state index contributed by atoms with van der Waals surface area (Å²) in [5, 5.41) is 14.2. The molecule has 0 aliphatic rings. The number of unbranched alkanes of at least 4 members (excludes halogenated alkanes) is 39. The molecule has 3 atom stereocenters. The lowest BCUT2D eigenvalue weighted by molar-refractivity contribution is -0.870. The van der Waals surface area contributed by atoms with Gasteiger partial charge in [-0.25, -0.2) is 4.57 Å². The average molecular weight is 1200 g/mol. The Hall–Kier alpha value is -2.32. The molecule has 0 radical (unpaired) electrons. The van der Waals surface area contributed by atoms with E-state index in [2.05, 4.69) is 104 Å². The Labute approximate surface area is 522 Å². The third-order valence-electron chi connectivity index (χ3n) is 16.2. The van der Waals surface area contributed by atoms with E-state index in [1.54, 1.807) is 0 Å². The van der Waals surface area contributed by atoms with Gasteiger partial charge in [-0.05, 0) is 70.6 Å². The van der Waals surface area contributed by atoms with Crippen molar-refractivity contribution >= 4 is 13.7 Å². The number of amides is 1. The number of nitrogens with zero attached hydrogens (tertiary/aromatic N) is 1. The third-order valence-corrected chi connectivity index (χ3v) is 17.1. The molecule has 0 rings (SSSR count). The number of aliphatic hydroxyl groups excluding tert-OH is 1. The first-order chi connectivity index (χ1) is 41.0. The molecule has 9 heteroatoms. The highest BCUT2D eigenvalue weighted by Crippen LogP contribution is 2.43. The number of nitrogens with one attached hydrogen (secondary N) is 1. The molecular weight excluding hydrogens is 1060 g/mol. The summed E-state index contributed by atoms with van der Waals surface area (Å²) in [4.78, 5) is 23.5. The summed E-state index contributed by atoms with van der Waals surface area (Å²) in [6.45, 7) is 4.81. The first kappa shape index (κ1) is 81.7. The van der Waals surface area contributed by atoms with Crippen LogP contribution in [0, 0.1) is 0 Å². The topological polar surface area (TPSA) is 105 Å². The van der Waals surface area contributed by atoms with Crippen LogP contribution in [-0.4, -0.2) is 73.4 Å². The second-order valence-electron chi connectivity index (χ2n) is 25.6. The lowest BCUT2D eigenvalue weighted by atomic mass is 10.0. The van der Waals surface area contributed by atoms with E-state index in [-0.39, 0.29) is 19.1 Å². The number of rotatable bonds is 66. The van der Waals surface area contributed by atoms with Gasteiger partial charge in [0, 0.05) is 6.42 Å². The van der Waals surface area contributed by atoms with Gasteiger partial charge in [-0.3, -0.25) is 13.8 Å². The highest BCUT2D eigenvalue weighted by atomic mass is 31.2. The van der Waals surface area contributed by atoms with Crippen LogP contribution in [-0.2, 0) is 18.4 Å². The molecule has 0 aromatic heterocycles. The average Bonchev–Trinajstić information content (AvgIpc) is 3.56. The molecule has 0 aliphatic carbocycles. The number of likely N-dealkylation sites (N-methyl/N-ethyl adjacent to an activating group) is 1. The molecule has 84 heavy (non-hydrogen) atoms. The number of carbonyl (C=O) groups is 1. The van der Waals surface area contributed by atoms with Crippen molar-refractivity contribution in [2.45, 2.75) is 347 Å². The van der Waals surface area contributed by atoms with E-state index in [0.29, 0.717) is 23.9 Å².